The first-order chi connectivity index (χ1) is 10.1. The molecule has 0 aliphatic rings. The molecule has 0 unspecified atom stereocenters. The Morgan fingerprint density at radius 2 is 2.24 bits per heavy atom. The van der Waals surface area contributed by atoms with E-state index in [2.05, 4.69) is 20.9 Å². The van der Waals surface area contributed by atoms with E-state index >= 15 is 0 Å². The molecule has 1 heterocycles. The predicted molar refractivity (Wildman–Crippen MR) is 86.8 cm³/mol. The fraction of sp³-hybridized carbons (Fsp3) is 0.333. The lowest BCUT2D eigenvalue weighted by molar-refractivity contribution is -0.143. The Labute approximate surface area is 136 Å². The summed E-state index contributed by atoms with van der Waals surface area (Å²) in [5.74, 6) is 0.603. The number of hydrogen-bond acceptors (Lipinski definition) is 5. The molecule has 0 aliphatic carbocycles. The number of thiazole rings is 1. The first-order valence-corrected chi connectivity index (χ1v) is 8.25. The SMILES string of the molecule is CCOC(=O)CCc1csc(-c2cc(OC)ccc2Br)n1. The van der Waals surface area contributed by atoms with Crippen LogP contribution in [-0.4, -0.2) is 24.7 Å². The van der Waals surface area contributed by atoms with Gasteiger partial charge in [0.2, 0.25) is 0 Å². The molecule has 2 aromatic rings. The number of carbonyl (C=O) groups is 1. The Morgan fingerprint density at radius 3 is 2.95 bits per heavy atom. The zero-order valence-corrected chi connectivity index (χ0v) is 14.3. The summed E-state index contributed by atoms with van der Waals surface area (Å²) in [6.07, 6.45) is 0.952. The van der Waals surface area contributed by atoms with Crippen molar-refractivity contribution in [3.63, 3.8) is 0 Å². The van der Waals surface area contributed by atoms with Crippen molar-refractivity contribution in [1.82, 2.24) is 4.98 Å². The summed E-state index contributed by atoms with van der Waals surface area (Å²) in [6, 6.07) is 5.77. The van der Waals surface area contributed by atoms with Gasteiger partial charge >= 0.3 is 5.97 Å². The van der Waals surface area contributed by atoms with Crippen molar-refractivity contribution in [1.29, 1.82) is 0 Å². The third kappa shape index (κ3) is 4.28. The van der Waals surface area contributed by atoms with Gasteiger partial charge in [-0.15, -0.1) is 11.3 Å². The number of esters is 1. The highest BCUT2D eigenvalue weighted by Crippen LogP contribution is 2.33. The molecule has 112 valence electrons. The molecule has 0 N–H and O–H groups in total. The molecule has 0 amide bonds. The Morgan fingerprint density at radius 1 is 1.43 bits per heavy atom. The number of nitrogens with zero attached hydrogens (tertiary/aromatic N) is 1. The van der Waals surface area contributed by atoms with Gasteiger partial charge in [-0.3, -0.25) is 4.79 Å². The molecule has 0 saturated heterocycles. The first-order valence-electron chi connectivity index (χ1n) is 6.58. The summed E-state index contributed by atoms with van der Waals surface area (Å²) >= 11 is 5.08. The van der Waals surface area contributed by atoms with E-state index in [-0.39, 0.29) is 5.97 Å². The molecular formula is C15H16BrNO3S. The van der Waals surface area contributed by atoms with E-state index in [0.29, 0.717) is 19.4 Å². The van der Waals surface area contributed by atoms with E-state index in [0.717, 1.165) is 26.5 Å². The normalized spacial score (nSPS) is 10.4. The number of benzene rings is 1. The van der Waals surface area contributed by atoms with Crippen LogP contribution in [0.1, 0.15) is 19.0 Å². The molecule has 0 aliphatic heterocycles. The maximum absolute atomic E-state index is 11.4. The molecule has 0 fully saturated rings. The fourth-order valence-electron chi connectivity index (χ4n) is 1.80. The molecule has 1 aromatic carbocycles. The number of aryl methyl sites for hydroxylation is 1. The van der Waals surface area contributed by atoms with Gasteiger partial charge in [-0.05, 0) is 25.1 Å². The van der Waals surface area contributed by atoms with Crippen molar-refractivity contribution in [2.75, 3.05) is 13.7 Å². The van der Waals surface area contributed by atoms with Gasteiger partial charge in [0.1, 0.15) is 10.8 Å². The molecule has 2 rings (SSSR count). The van der Waals surface area contributed by atoms with Crippen molar-refractivity contribution >= 4 is 33.2 Å². The Bertz CT molecular complexity index is 627. The van der Waals surface area contributed by atoms with Crippen LogP contribution in [0.4, 0.5) is 0 Å². The van der Waals surface area contributed by atoms with Crippen molar-refractivity contribution in [2.45, 2.75) is 19.8 Å². The molecule has 0 saturated carbocycles. The van der Waals surface area contributed by atoms with Crippen LogP contribution in [0.3, 0.4) is 0 Å². The van der Waals surface area contributed by atoms with Crippen molar-refractivity contribution < 1.29 is 14.3 Å². The van der Waals surface area contributed by atoms with Gasteiger partial charge in [-0.2, -0.15) is 0 Å². The van der Waals surface area contributed by atoms with Crippen LogP contribution >= 0.6 is 27.3 Å². The van der Waals surface area contributed by atoms with Gasteiger partial charge in [0.25, 0.3) is 0 Å². The number of rotatable bonds is 6. The average molecular weight is 370 g/mol. The average Bonchev–Trinajstić information content (AvgIpc) is 2.95. The van der Waals surface area contributed by atoms with Crippen LogP contribution in [0.5, 0.6) is 5.75 Å². The monoisotopic (exact) mass is 369 g/mol. The maximum atomic E-state index is 11.4. The van der Waals surface area contributed by atoms with Crippen LogP contribution in [0, 0.1) is 0 Å². The van der Waals surface area contributed by atoms with Gasteiger partial charge in [-0.1, -0.05) is 15.9 Å². The van der Waals surface area contributed by atoms with E-state index < -0.39 is 0 Å². The van der Waals surface area contributed by atoms with Crippen LogP contribution in [-0.2, 0) is 16.0 Å². The van der Waals surface area contributed by atoms with E-state index in [1.165, 1.54) is 0 Å². The van der Waals surface area contributed by atoms with E-state index in [4.69, 9.17) is 9.47 Å². The summed E-state index contributed by atoms with van der Waals surface area (Å²) < 4.78 is 11.1. The van der Waals surface area contributed by atoms with E-state index in [1.807, 2.05) is 23.6 Å². The summed E-state index contributed by atoms with van der Waals surface area (Å²) in [6.45, 7) is 2.22. The third-order valence-electron chi connectivity index (χ3n) is 2.85. The second-order valence-corrected chi connectivity index (χ2v) is 6.01. The lowest BCUT2D eigenvalue weighted by atomic mass is 10.2. The third-order valence-corrected chi connectivity index (χ3v) is 4.46. The van der Waals surface area contributed by atoms with Crippen molar-refractivity contribution in [2.24, 2.45) is 0 Å². The van der Waals surface area contributed by atoms with Crippen LogP contribution < -0.4 is 4.74 Å². The molecule has 1 aromatic heterocycles. The molecule has 4 nitrogen and oxygen atoms in total. The molecule has 21 heavy (non-hydrogen) atoms. The predicted octanol–water partition coefficient (Wildman–Crippen LogP) is 4.08. The van der Waals surface area contributed by atoms with E-state index in [9.17, 15) is 4.79 Å². The van der Waals surface area contributed by atoms with Gasteiger partial charge in [0, 0.05) is 21.8 Å². The van der Waals surface area contributed by atoms with Crippen LogP contribution in [0.2, 0.25) is 0 Å². The molecule has 0 radical (unpaired) electrons. The Balaban J connectivity index is 2.11. The van der Waals surface area contributed by atoms with Crippen LogP contribution in [0.15, 0.2) is 28.1 Å². The number of ether oxygens (including phenoxy) is 2. The highest BCUT2D eigenvalue weighted by molar-refractivity contribution is 9.10. The molecular weight excluding hydrogens is 354 g/mol. The summed E-state index contributed by atoms with van der Waals surface area (Å²) in [5, 5.41) is 2.88. The van der Waals surface area contributed by atoms with Crippen LogP contribution in [0.25, 0.3) is 10.6 Å². The second kappa shape index (κ2) is 7.56. The quantitative estimate of drug-likeness (QED) is 0.719. The standard InChI is InChI=1S/C15H16BrNO3S/c1-3-20-14(18)7-4-10-9-21-15(17-10)12-8-11(19-2)5-6-13(12)16/h5-6,8-9H,3-4,7H2,1-2H3. The minimum atomic E-state index is -0.186. The van der Waals surface area contributed by atoms with Gasteiger partial charge in [0.15, 0.2) is 0 Å². The molecule has 0 spiro atoms. The molecule has 0 bridgehead atoms. The van der Waals surface area contributed by atoms with Crippen molar-refractivity contribution in [3.8, 4) is 16.3 Å². The lowest BCUT2D eigenvalue weighted by Crippen LogP contribution is -2.05. The maximum Gasteiger partial charge on any atom is 0.306 e. The first kappa shape index (κ1) is 16.0. The zero-order valence-electron chi connectivity index (χ0n) is 11.9. The number of hydrogen-bond donors (Lipinski definition) is 0. The zero-order chi connectivity index (χ0) is 15.2. The summed E-state index contributed by atoms with van der Waals surface area (Å²) in [7, 11) is 1.64. The summed E-state index contributed by atoms with van der Waals surface area (Å²) in [4.78, 5) is 15.9. The topological polar surface area (TPSA) is 48.4 Å². The van der Waals surface area contributed by atoms with Gasteiger partial charge in [0.05, 0.1) is 25.8 Å². The fourth-order valence-corrected chi connectivity index (χ4v) is 3.25. The molecule has 6 heteroatoms. The highest BCUT2D eigenvalue weighted by atomic mass is 79.9. The second-order valence-electron chi connectivity index (χ2n) is 4.29. The van der Waals surface area contributed by atoms with Gasteiger partial charge in [-0.25, -0.2) is 4.98 Å². The minimum Gasteiger partial charge on any atom is -0.497 e. The van der Waals surface area contributed by atoms with E-state index in [1.54, 1.807) is 25.4 Å². The van der Waals surface area contributed by atoms with Crippen molar-refractivity contribution in [3.05, 3.63) is 33.7 Å². The Kier molecular flexibility index (Phi) is 5.76. The van der Waals surface area contributed by atoms with Gasteiger partial charge < -0.3 is 9.47 Å². The number of carbonyl (C=O) groups excluding carboxylic acids is 1. The smallest absolute Gasteiger partial charge is 0.306 e. The lowest BCUT2D eigenvalue weighted by Gasteiger charge is -2.04. The number of methoxy groups -OCH3 is 1. The minimum absolute atomic E-state index is 0.186. The summed E-state index contributed by atoms with van der Waals surface area (Å²) in [5.41, 5.74) is 1.89. The molecule has 0 atom stereocenters. The highest BCUT2D eigenvalue weighted by Gasteiger charge is 2.11. The Hall–Kier alpha value is -1.40. The number of aromatic nitrogens is 1. The number of halogens is 1. The largest absolute Gasteiger partial charge is 0.497 e.